The Morgan fingerprint density at radius 3 is 2.30 bits per heavy atom. The second kappa shape index (κ2) is 11.9. The first-order valence-electron chi connectivity index (χ1n) is 9.19. The zero-order valence-electron chi connectivity index (χ0n) is 16.4. The summed E-state index contributed by atoms with van der Waals surface area (Å²) >= 11 is 0. The lowest BCUT2D eigenvalue weighted by Crippen LogP contribution is -2.45. The van der Waals surface area contributed by atoms with Crippen molar-refractivity contribution >= 4 is 18.0 Å². The van der Waals surface area contributed by atoms with E-state index in [4.69, 9.17) is 14.2 Å². The molecule has 0 aliphatic rings. The quantitative estimate of drug-likeness (QED) is 0.381. The molecule has 7 heteroatoms. The first kappa shape index (κ1) is 22.5. The molecule has 1 amide bonds. The normalized spacial score (nSPS) is 12.8. The van der Waals surface area contributed by atoms with Gasteiger partial charge in [-0.2, -0.15) is 0 Å². The Hall–Kier alpha value is -2.57. The van der Waals surface area contributed by atoms with E-state index < -0.39 is 18.1 Å². The first-order chi connectivity index (χ1) is 12.8. The SMILES string of the molecule is CCOC(=O)N[C@@H](C(=O)OCCCC(=O)O[C@H](C)c1ccccc1)C(C)C. The van der Waals surface area contributed by atoms with Gasteiger partial charge in [0.1, 0.15) is 12.1 Å². The zero-order chi connectivity index (χ0) is 20.2. The minimum atomic E-state index is -0.797. The molecule has 1 aromatic rings. The fraction of sp³-hybridized carbons (Fsp3) is 0.550. The summed E-state index contributed by atoms with van der Waals surface area (Å²) < 4.78 is 15.3. The van der Waals surface area contributed by atoms with Crippen molar-refractivity contribution in [2.45, 2.75) is 52.7 Å². The van der Waals surface area contributed by atoms with E-state index in [-0.39, 0.29) is 37.6 Å². The number of ether oxygens (including phenoxy) is 3. The maximum absolute atomic E-state index is 12.1. The summed E-state index contributed by atoms with van der Waals surface area (Å²) in [6.07, 6.45) is -0.509. The highest BCUT2D eigenvalue weighted by Gasteiger charge is 2.26. The van der Waals surface area contributed by atoms with E-state index in [1.807, 2.05) is 37.3 Å². The minimum Gasteiger partial charge on any atom is -0.464 e. The number of nitrogens with one attached hydrogen (secondary N) is 1. The number of amides is 1. The fourth-order valence-corrected chi connectivity index (χ4v) is 2.32. The van der Waals surface area contributed by atoms with E-state index in [0.717, 1.165) is 5.56 Å². The Morgan fingerprint density at radius 1 is 1.04 bits per heavy atom. The maximum atomic E-state index is 12.1. The van der Waals surface area contributed by atoms with Gasteiger partial charge in [0.2, 0.25) is 0 Å². The third-order valence-electron chi connectivity index (χ3n) is 3.82. The summed E-state index contributed by atoms with van der Waals surface area (Å²) in [5, 5.41) is 2.48. The number of carbonyl (C=O) groups excluding carboxylic acids is 3. The van der Waals surface area contributed by atoms with Gasteiger partial charge in [-0.3, -0.25) is 4.79 Å². The predicted octanol–water partition coefficient (Wildman–Crippen LogP) is 3.38. The van der Waals surface area contributed by atoms with Crippen molar-refractivity contribution in [3.63, 3.8) is 0 Å². The number of benzene rings is 1. The smallest absolute Gasteiger partial charge is 0.407 e. The Kier molecular flexibility index (Phi) is 9.93. The van der Waals surface area contributed by atoms with Crippen molar-refractivity contribution in [3.8, 4) is 0 Å². The largest absolute Gasteiger partial charge is 0.464 e. The van der Waals surface area contributed by atoms with Gasteiger partial charge in [0.15, 0.2) is 0 Å². The molecule has 0 bridgehead atoms. The van der Waals surface area contributed by atoms with Gasteiger partial charge in [-0.15, -0.1) is 0 Å². The molecule has 27 heavy (non-hydrogen) atoms. The highest BCUT2D eigenvalue weighted by molar-refractivity contribution is 5.81. The van der Waals surface area contributed by atoms with Gasteiger partial charge in [-0.05, 0) is 31.7 Å². The van der Waals surface area contributed by atoms with Crippen LogP contribution in [0.2, 0.25) is 0 Å². The predicted molar refractivity (Wildman–Crippen MR) is 99.9 cm³/mol. The summed E-state index contributed by atoms with van der Waals surface area (Å²) in [6, 6.07) is 8.65. The van der Waals surface area contributed by atoms with Crippen LogP contribution in [0.4, 0.5) is 4.79 Å². The molecule has 0 fully saturated rings. The van der Waals surface area contributed by atoms with Crippen LogP contribution in [0.5, 0.6) is 0 Å². The molecular formula is C20H29NO6. The highest BCUT2D eigenvalue weighted by atomic mass is 16.6. The molecule has 0 aliphatic heterocycles. The lowest BCUT2D eigenvalue weighted by molar-refractivity contribution is -0.152. The van der Waals surface area contributed by atoms with Gasteiger partial charge in [0.05, 0.1) is 13.2 Å². The third-order valence-corrected chi connectivity index (χ3v) is 3.82. The molecule has 7 nitrogen and oxygen atoms in total. The van der Waals surface area contributed by atoms with Gasteiger partial charge in [0, 0.05) is 6.42 Å². The molecule has 2 atom stereocenters. The van der Waals surface area contributed by atoms with Gasteiger partial charge in [-0.25, -0.2) is 9.59 Å². The molecule has 0 aromatic heterocycles. The van der Waals surface area contributed by atoms with E-state index in [2.05, 4.69) is 5.32 Å². The standard InChI is InChI=1S/C20H29NO6/c1-5-25-20(24)21-18(14(2)3)19(23)26-13-9-12-17(22)27-15(4)16-10-7-6-8-11-16/h6-8,10-11,14-15,18H,5,9,12-13H2,1-4H3,(H,21,24)/t15-,18-/m1/s1. The molecule has 0 radical (unpaired) electrons. The Labute approximate surface area is 160 Å². The minimum absolute atomic E-state index is 0.0708. The lowest BCUT2D eigenvalue weighted by Gasteiger charge is -2.20. The average Bonchev–Trinajstić information content (AvgIpc) is 2.63. The van der Waals surface area contributed by atoms with Crippen LogP contribution in [0, 0.1) is 5.92 Å². The van der Waals surface area contributed by atoms with Crippen LogP contribution in [-0.2, 0) is 23.8 Å². The first-order valence-corrected chi connectivity index (χ1v) is 9.19. The average molecular weight is 379 g/mol. The van der Waals surface area contributed by atoms with Crippen LogP contribution < -0.4 is 5.32 Å². The second-order valence-electron chi connectivity index (χ2n) is 6.40. The number of hydrogen-bond acceptors (Lipinski definition) is 6. The van der Waals surface area contributed by atoms with E-state index in [0.29, 0.717) is 6.42 Å². The van der Waals surface area contributed by atoms with Crippen molar-refractivity contribution in [2.75, 3.05) is 13.2 Å². The highest BCUT2D eigenvalue weighted by Crippen LogP contribution is 2.17. The van der Waals surface area contributed by atoms with Gasteiger partial charge < -0.3 is 19.5 Å². The van der Waals surface area contributed by atoms with Crippen LogP contribution in [0.3, 0.4) is 0 Å². The summed E-state index contributed by atoms with van der Waals surface area (Å²) in [6.45, 7) is 7.36. The van der Waals surface area contributed by atoms with Crippen molar-refractivity contribution in [3.05, 3.63) is 35.9 Å². The zero-order valence-corrected chi connectivity index (χ0v) is 16.4. The van der Waals surface area contributed by atoms with Crippen molar-refractivity contribution in [1.82, 2.24) is 5.32 Å². The van der Waals surface area contributed by atoms with Crippen molar-refractivity contribution < 1.29 is 28.6 Å². The van der Waals surface area contributed by atoms with Crippen LogP contribution >= 0.6 is 0 Å². The molecule has 1 N–H and O–H groups in total. The van der Waals surface area contributed by atoms with Crippen molar-refractivity contribution in [2.24, 2.45) is 5.92 Å². The van der Waals surface area contributed by atoms with Gasteiger partial charge in [-0.1, -0.05) is 44.2 Å². The molecule has 150 valence electrons. The molecule has 0 aliphatic carbocycles. The van der Waals surface area contributed by atoms with Crippen LogP contribution in [0.25, 0.3) is 0 Å². The van der Waals surface area contributed by atoms with Gasteiger partial charge >= 0.3 is 18.0 Å². The molecular weight excluding hydrogens is 350 g/mol. The third kappa shape index (κ3) is 8.57. The van der Waals surface area contributed by atoms with E-state index in [1.54, 1.807) is 20.8 Å². The Bertz CT molecular complexity index is 602. The number of carbonyl (C=O) groups is 3. The summed E-state index contributed by atoms with van der Waals surface area (Å²) in [5.41, 5.74) is 0.919. The molecule has 0 saturated heterocycles. The monoisotopic (exact) mass is 379 g/mol. The number of esters is 2. The van der Waals surface area contributed by atoms with E-state index in [9.17, 15) is 14.4 Å². The molecule has 1 aromatic carbocycles. The maximum Gasteiger partial charge on any atom is 0.407 e. The van der Waals surface area contributed by atoms with Crippen LogP contribution in [-0.4, -0.2) is 37.3 Å². The van der Waals surface area contributed by atoms with Crippen molar-refractivity contribution in [1.29, 1.82) is 0 Å². The second-order valence-corrected chi connectivity index (χ2v) is 6.40. The Morgan fingerprint density at radius 2 is 1.70 bits per heavy atom. The van der Waals surface area contributed by atoms with E-state index in [1.165, 1.54) is 0 Å². The molecule has 0 unspecified atom stereocenters. The van der Waals surface area contributed by atoms with Crippen LogP contribution in [0.1, 0.15) is 52.2 Å². The summed E-state index contributed by atoms with van der Waals surface area (Å²) in [7, 11) is 0. The summed E-state index contributed by atoms with van der Waals surface area (Å²) in [4.78, 5) is 35.5. The molecule has 0 saturated carbocycles. The number of rotatable bonds is 10. The lowest BCUT2D eigenvalue weighted by atomic mass is 10.1. The molecule has 1 rings (SSSR count). The summed E-state index contributed by atoms with van der Waals surface area (Å²) in [5.74, 6) is -1.06. The topological polar surface area (TPSA) is 90.9 Å². The molecule has 0 spiro atoms. The number of hydrogen-bond donors (Lipinski definition) is 1. The molecule has 0 heterocycles. The number of alkyl carbamates (subject to hydrolysis) is 1. The van der Waals surface area contributed by atoms with Gasteiger partial charge in [0.25, 0.3) is 0 Å². The Balaban J connectivity index is 2.33. The van der Waals surface area contributed by atoms with E-state index >= 15 is 0 Å². The van der Waals surface area contributed by atoms with Crippen LogP contribution in [0.15, 0.2) is 30.3 Å². The fourth-order valence-electron chi connectivity index (χ4n) is 2.32.